The lowest BCUT2D eigenvalue weighted by Crippen LogP contribution is -2.77. The first-order valence-corrected chi connectivity index (χ1v) is 8.22. The molecular weight excluding hydrogens is 270 g/mol. The summed E-state index contributed by atoms with van der Waals surface area (Å²) in [4.78, 5) is 8.01. The predicted molar refractivity (Wildman–Crippen MR) is 81.7 cm³/mol. The molecule has 1 aliphatic heterocycles. The summed E-state index contributed by atoms with van der Waals surface area (Å²) in [5.74, 6) is 0.516. The van der Waals surface area contributed by atoms with Crippen LogP contribution in [0.15, 0.2) is 5.51 Å². The van der Waals surface area contributed by atoms with Crippen molar-refractivity contribution in [3.63, 3.8) is 0 Å². The van der Waals surface area contributed by atoms with Crippen molar-refractivity contribution >= 4 is 11.3 Å². The molecule has 3 atom stereocenters. The molecule has 0 bridgehead atoms. The molecular formula is C15H25N3OS. The van der Waals surface area contributed by atoms with Gasteiger partial charge in [0.1, 0.15) is 0 Å². The van der Waals surface area contributed by atoms with Gasteiger partial charge < -0.3 is 10.5 Å². The van der Waals surface area contributed by atoms with E-state index in [0.717, 1.165) is 31.8 Å². The van der Waals surface area contributed by atoms with Crippen LogP contribution in [0.25, 0.3) is 0 Å². The van der Waals surface area contributed by atoms with Crippen molar-refractivity contribution in [2.45, 2.75) is 45.4 Å². The summed E-state index contributed by atoms with van der Waals surface area (Å²) in [7, 11) is 2.16. The van der Waals surface area contributed by atoms with Crippen LogP contribution in [0.3, 0.4) is 0 Å². The quantitative estimate of drug-likeness (QED) is 0.923. The zero-order valence-electron chi connectivity index (χ0n) is 12.8. The maximum atomic E-state index is 6.80. The first-order chi connectivity index (χ1) is 9.36. The molecule has 2 aliphatic rings. The molecule has 3 rings (SSSR count). The third-order valence-electron chi connectivity index (χ3n) is 5.45. The van der Waals surface area contributed by atoms with E-state index in [-0.39, 0.29) is 11.0 Å². The normalized spacial score (nSPS) is 35.1. The molecule has 4 nitrogen and oxygen atoms in total. The summed E-state index contributed by atoms with van der Waals surface area (Å²) in [6.07, 6.45) is 1.46. The van der Waals surface area contributed by atoms with E-state index in [1.165, 1.54) is 4.88 Å². The second-order valence-corrected chi connectivity index (χ2v) is 7.92. The van der Waals surface area contributed by atoms with Gasteiger partial charge in [-0.2, -0.15) is 0 Å². The Hall–Kier alpha value is -0.490. The molecule has 5 heteroatoms. The summed E-state index contributed by atoms with van der Waals surface area (Å²) in [6.45, 7) is 9.31. The fourth-order valence-electron chi connectivity index (χ4n) is 4.02. The van der Waals surface area contributed by atoms with Crippen LogP contribution in [0.4, 0.5) is 0 Å². The molecule has 1 aromatic rings. The van der Waals surface area contributed by atoms with E-state index in [2.05, 4.69) is 37.7 Å². The average molecular weight is 295 g/mol. The summed E-state index contributed by atoms with van der Waals surface area (Å²) in [5, 5.41) is 0. The molecule has 1 aromatic heterocycles. The van der Waals surface area contributed by atoms with Gasteiger partial charge in [-0.15, -0.1) is 11.3 Å². The van der Waals surface area contributed by atoms with Gasteiger partial charge in [-0.1, -0.05) is 13.8 Å². The zero-order chi connectivity index (χ0) is 14.5. The zero-order valence-corrected chi connectivity index (χ0v) is 13.7. The van der Waals surface area contributed by atoms with Gasteiger partial charge >= 0.3 is 0 Å². The number of fused-ring (bicyclic) bond motifs is 1. The highest BCUT2D eigenvalue weighted by Gasteiger charge is 2.67. The fraction of sp³-hybridized carbons (Fsp3) is 0.800. The van der Waals surface area contributed by atoms with E-state index in [9.17, 15) is 0 Å². The number of likely N-dealkylation sites (N-methyl/N-ethyl adjacent to an activating group) is 1. The summed E-state index contributed by atoms with van der Waals surface area (Å²) >= 11 is 1.73. The Morgan fingerprint density at radius 2 is 2.30 bits per heavy atom. The number of ether oxygens (including phenoxy) is 1. The van der Waals surface area contributed by atoms with Gasteiger partial charge in [-0.25, -0.2) is 4.98 Å². The van der Waals surface area contributed by atoms with Gasteiger partial charge in [0, 0.05) is 41.4 Å². The van der Waals surface area contributed by atoms with Crippen LogP contribution in [-0.2, 0) is 11.3 Å². The number of nitrogens with two attached hydrogens (primary N) is 1. The van der Waals surface area contributed by atoms with Gasteiger partial charge in [0.2, 0.25) is 0 Å². The number of thiazole rings is 1. The summed E-state index contributed by atoms with van der Waals surface area (Å²) in [6, 6.07) is 0. The van der Waals surface area contributed by atoms with E-state index < -0.39 is 0 Å². The Labute approximate surface area is 125 Å². The van der Waals surface area contributed by atoms with Crippen LogP contribution in [0.5, 0.6) is 0 Å². The highest BCUT2D eigenvalue weighted by atomic mass is 32.1. The fourth-order valence-corrected chi connectivity index (χ4v) is 4.88. The van der Waals surface area contributed by atoms with Crippen LogP contribution >= 0.6 is 11.3 Å². The van der Waals surface area contributed by atoms with E-state index in [1.54, 1.807) is 11.3 Å². The van der Waals surface area contributed by atoms with Crippen molar-refractivity contribution in [3.05, 3.63) is 16.1 Å². The van der Waals surface area contributed by atoms with E-state index in [1.807, 2.05) is 5.51 Å². The Balaban J connectivity index is 1.69. The van der Waals surface area contributed by atoms with E-state index >= 15 is 0 Å². The Kier molecular flexibility index (Phi) is 3.44. The third-order valence-corrected chi connectivity index (χ3v) is 6.37. The molecule has 0 spiro atoms. The van der Waals surface area contributed by atoms with Crippen molar-refractivity contribution < 1.29 is 4.74 Å². The number of rotatable bonds is 4. The first kappa shape index (κ1) is 14.4. The van der Waals surface area contributed by atoms with Gasteiger partial charge in [0.05, 0.1) is 17.3 Å². The molecule has 2 heterocycles. The molecule has 2 fully saturated rings. The smallest absolute Gasteiger partial charge is 0.0798 e. The molecule has 112 valence electrons. The van der Waals surface area contributed by atoms with E-state index in [4.69, 9.17) is 10.5 Å². The number of hydrogen-bond donors (Lipinski definition) is 1. The molecule has 0 radical (unpaired) electrons. The minimum Gasteiger partial charge on any atom is -0.377 e. The van der Waals surface area contributed by atoms with Crippen LogP contribution in [0, 0.1) is 18.3 Å². The number of aryl methyl sites for hydroxylation is 1. The molecule has 3 unspecified atom stereocenters. The second-order valence-electron chi connectivity index (χ2n) is 6.98. The molecule has 2 N–H and O–H groups in total. The van der Waals surface area contributed by atoms with Gasteiger partial charge in [-0.3, -0.25) is 4.90 Å². The standard InChI is InChI=1S/C15H25N3OS/c1-10-12(20-9-17-10)7-18(4)8-15(16)11-5-6-19-13(11)14(15,2)3/h9,11,13H,5-8,16H2,1-4H3. The van der Waals surface area contributed by atoms with E-state index in [0.29, 0.717) is 12.0 Å². The Morgan fingerprint density at radius 3 is 2.95 bits per heavy atom. The van der Waals surface area contributed by atoms with Crippen molar-refractivity contribution in [1.82, 2.24) is 9.88 Å². The van der Waals surface area contributed by atoms with Gasteiger partial charge in [0.25, 0.3) is 0 Å². The summed E-state index contributed by atoms with van der Waals surface area (Å²) < 4.78 is 5.86. The maximum Gasteiger partial charge on any atom is 0.0798 e. The second kappa shape index (κ2) is 4.77. The third kappa shape index (κ3) is 1.95. The van der Waals surface area contributed by atoms with Crippen LogP contribution < -0.4 is 5.73 Å². The Bertz CT molecular complexity index is 501. The highest BCUT2D eigenvalue weighted by molar-refractivity contribution is 7.09. The molecule has 20 heavy (non-hydrogen) atoms. The van der Waals surface area contributed by atoms with Crippen molar-refractivity contribution in [1.29, 1.82) is 0 Å². The SMILES string of the molecule is Cc1ncsc1CN(C)CC1(N)C2CCOC2C1(C)C. The predicted octanol–water partition coefficient (Wildman–Crippen LogP) is 2.03. The van der Waals surface area contributed by atoms with Crippen molar-refractivity contribution in [2.24, 2.45) is 17.1 Å². The first-order valence-electron chi connectivity index (χ1n) is 7.34. The monoisotopic (exact) mass is 295 g/mol. The number of nitrogens with zero attached hydrogens (tertiary/aromatic N) is 2. The topological polar surface area (TPSA) is 51.4 Å². The number of hydrogen-bond acceptors (Lipinski definition) is 5. The minimum absolute atomic E-state index is 0.0607. The lowest BCUT2D eigenvalue weighted by molar-refractivity contribution is -0.162. The molecule has 1 aliphatic carbocycles. The lowest BCUT2D eigenvalue weighted by Gasteiger charge is -2.63. The van der Waals surface area contributed by atoms with Crippen LogP contribution in [0.1, 0.15) is 30.8 Å². The highest BCUT2D eigenvalue weighted by Crippen LogP contribution is 2.58. The van der Waals surface area contributed by atoms with Crippen LogP contribution in [-0.4, -0.2) is 41.7 Å². The van der Waals surface area contributed by atoms with Crippen molar-refractivity contribution in [3.8, 4) is 0 Å². The number of aromatic nitrogens is 1. The summed E-state index contributed by atoms with van der Waals surface area (Å²) in [5.41, 5.74) is 9.79. The molecule has 1 saturated heterocycles. The largest absolute Gasteiger partial charge is 0.377 e. The average Bonchev–Trinajstić information content (AvgIpc) is 2.98. The maximum absolute atomic E-state index is 6.80. The Morgan fingerprint density at radius 1 is 1.55 bits per heavy atom. The lowest BCUT2D eigenvalue weighted by atomic mass is 9.48. The van der Waals surface area contributed by atoms with Gasteiger partial charge in [0.15, 0.2) is 0 Å². The van der Waals surface area contributed by atoms with Crippen LogP contribution in [0.2, 0.25) is 0 Å². The minimum atomic E-state index is -0.137. The van der Waals surface area contributed by atoms with Crippen molar-refractivity contribution in [2.75, 3.05) is 20.2 Å². The van der Waals surface area contributed by atoms with Gasteiger partial charge in [-0.05, 0) is 20.4 Å². The molecule has 0 amide bonds. The molecule has 0 aromatic carbocycles. The molecule has 1 saturated carbocycles.